The largest absolute Gasteiger partial charge is 0.462 e. The molecule has 1 aliphatic carbocycles. The Morgan fingerprint density at radius 3 is 2.29 bits per heavy atom. The summed E-state index contributed by atoms with van der Waals surface area (Å²) in [6, 6.07) is 0. The van der Waals surface area contributed by atoms with E-state index in [0.717, 1.165) is 0 Å². The van der Waals surface area contributed by atoms with E-state index in [1.165, 1.54) is 13.8 Å². The van der Waals surface area contributed by atoms with E-state index < -0.39 is 82.3 Å². The van der Waals surface area contributed by atoms with Gasteiger partial charge in [-0.2, -0.15) is 0 Å². The fourth-order valence-corrected chi connectivity index (χ4v) is 7.60. The highest BCUT2D eigenvalue weighted by Gasteiger charge is 2.79. The summed E-state index contributed by atoms with van der Waals surface area (Å²) in [4.78, 5) is 37.1. The number of hydrogen-bond donors (Lipinski definition) is 1. The lowest BCUT2D eigenvalue weighted by Crippen LogP contribution is -2.73. The second-order valence-electron chi connectivity index (χ2n) is 10.8. The summed E-state index contributed by atoms with van der Waals surface area (Å²) in [6.07, 6.45) is -4.26. The molecule has 188 valence electrons. The highest BCUT2D eigenvalue weighted by Crippen LogP contribution is 2.66. The Morgan fingerprint density at radius 2 is 1.71 bits per heavy atom. The zero-order valence-corrected chi connectivity index (χ0v) is 20.7. The van der Waals surface area contributed by atoms with Crippen LogP contribution < -0.4 is 0 Å². The van der Waals surface area contributed by atoms with Crippen molar-refractivity contribution < 1.29 is 43.2 Å². The van der Waals surface area contributed by atoms with Crippen molar-refractivity contribution in [2.24, 2.45) is 17.3 Å². The molecule has 4 saturated heterocycles. The normalized spacial score (nSPS) is 53.3. The third kappa shape index (κ3) is 2.93. The Kier molecular flexibility index (Phi) is 5.24. The molecule has 4 heterocycles. The molecule has 0 aromatic rings. The Morgan fingerprint density at radius 1 is 1.12 bits per heavy atom. The summed E-state index contributed by atoms with van der Waals surface area (Å²) in [6.45, 7) is 12.1. The summed E-state index contributed by atoms with van der Waals surface area (Å²) < 4.78 is 29.9. The number of fused-ring (bicyclic) bond motifs is 4. The van der Waals surface area contributed by atoms with Crippen LogP contribution in [0.1, 0.15) is 47.5 Å². The fraction of sp³-hybridized carbons (Fsp3) is 0.792. The lowest BCUT2D eigenvalue weighted by molar-refractivity contribution is -0.277. The van der Waals surface area contributed by atoms with Gasteiger partial charge in [0.1, 0.15) is 17.8 Å². The van der Waals surface area contributed by atoms with Crippen molar-refractivity contribution in [3.05, 3.63) is 12.2 Å². The quantitative estimate of drug-likeness (QED) is 0.199. The van der Waals surface area contributed by atoms with Crippen molar-refractivity contribution >= 4 is 29.5 Å². The third-order valence-electron chi connectivity index (χ3n) is 9.00. The van der Waals surface area contributed by atoms with Gasteiger partial charge in [0.2, 0.25) is 0 Å². The molecule has 10 heteroatoms. The predicted octanol–water partition coefficient (Wildman–Crippen LogP) is 1.66. The van der Waals surface area contributed by atoms with E-state index in [0.29, 0.717) is 12.0 Å². The molecule has 5 rings (SSSR count). The number of hydrogen-bond acceptors (Lipinski definition) is 9. The number of epoxide rings is 1. The number of aliphatic hydroxyl groups excluding tert-OH is 1. The van der Waals surface area contributed by atoms with Crippen LogP contribution in [-0.2, 0) is 38.1 Å². The molecule has 0 aromatic heterocycles. The second-order valence-corrected chi connectivity index (χ2v) is 11.2. The summed E-state index contributed by atoms with van der Waals surface area (Å²) in [5.41, 5.74) is -2.88. The van der Waals surface area contributed by atoms with Crippen molar-refractivity contribution in [2.75, 3.05) is 0 Å². The highest BCUT2D eigenvalue weighted by atomic mass is 35.5. The first-order valence-corrected chi connectivity index (χ1v) is 12.1. The zero-order valence-electron chi connectivity index (χ0n) is 19.9. The number of carbonyl (C=O) groups excluding carboxylic acids is 3. The van der Waals surface area contributed by atoms with E-state index >= 15 is 0 Å². The molecule has 0 unspecified atom stereocenters. The molecule has 34 heavy (non-hydrogen) atoms. The zero-order chi connectivity index (χ0) is 25.0. The Balaban J connectivity index is 1.73. The number of esters is 3. The first-order chi connectivity index (χ1) is 15.8. The van der Waals surface area contributed by atoms with Crippen LogP contribution in [0, 0.1) is 17.3 Å². The number of alkyl halides is 1. The van der Waals surface area contributed by atoms with Crippen molar-refractivity contribution in [3.8, 4) is 0 Å². The molecule has 12 atom stereocenters. The molecule has 0 radical (unpaired) electrons. The van der Waals surface area contributed by atoms with Crippen molar-refractivity contribution in [1.82, 2.24) is 0 Å². The monoisotopic (exact) mass is 498 g/mol. The minimum absolute atomic E-state index is 0.162. The van der Waals surface area contributed by atoms with Gasteiger partial charge in [0.15, 0.2) is 6.10 Å². The van der Waals surface area contributed by atoms with E-state index in [4.69, 9.17) is 35.3 Å². The smallest absolute Gasteiger partial charge is 0.312 e. The first kappa shape index (κ1) is 24.0. The predicted molar refractivity (Wildman–Crippen MR) is 117 cm³/mol. The van der Waals surface area contributed by atoms with Crippen LogP contribution in [0.5, 0.6) is 0 Å². The maximum absolute atomic E-state index is 12.8. The molecule has 5 fully saturated rings. The number of carbonyl (C=O) groups is 3. The maximum Gasteiger partial charge on any atom is 0.312 e. The molecule has 2 bridgehead atoms. The minimum Gasteiger partial charge on any atom is -0.462 e. The van der Waals surface area contributed by atoms with Crippen LogP contribution >= 0.6 is 11.6 Å². The first-order valence-electron chi connectivity index (χ1n) is 11.7. The standard InChI is InChI=1S/C24H31ClO9/c1-9-13-7-14(30-11(3)26)22(5)15(31-12(4)27)8-16-23(6,34-16)18(22)19(28)24(33-13)10(2)21(29)32-20(24)17(9)25/h10,13-20,28H,1,7-8H2,2-6H3/t10-,13-,14+,15-,16+,17-,18+,19+,20-,22-,23+,24+/m0/s1. The molecule has 1 saturated carbocycles. The van der Waals surface area contributed by atoms with Crippen LogP contribution in [0.15, 0.2) is 12.2 Å². The van der Waals surface area contributed by atoms with Crippen molar-refractivity contribution in [3.63, 3.8) is 0 Å². The minimum atomic E-state index is -1.47. The molecule has 4 aliphatic heterocycles. The van der Waals surface area contributed by atoms with E-state index in [-0.39, 0.29) is 12.5 Å². The molecular formula is C24H31ClO9. The fourth-order valence-electron chi connectivity index (χ4n) is 7.21. The molecular weight excluding hydrogens is 468 g/mol. The van der Waals surface area contributed by atoms with Gasteiger partial charge in [0.05, 0.1) is 40.6 Å². The average molecular weight is 499 g/mol. The van der Waals surface area contributed by atoms with Gasteiger partial charge in [-0.3, -0.25) is 14.4 Å². The summed E-state index contributed by atoms with van der Waals surface area (Å²) in [5.74, 6) is -3.09. The van der Waals surface area contributed by atoms with Gasteiger partial charge in [0.25, 0.3) is 0 Å². The SMILES string of the molecule is C=C1[C@@H]2C[C@@H](OC(C)=O)[C@@]3(C)[C@@H](OC(C)=O)C[C@H]4O[C@@]4(C)[C@@H]3[C@@H](O)[C@]3(O2)[C@@H](C)C(=O)O[C@H]3[C@H]1Cl. The lowest BCUT2D eigenvalue weighted by Gasteiger charge is -2.60. The Labute approximate surface area is 203 Å². The van der Waals surface area contributed by atoms with Gasteiger partial charge in [-0.25, -0.2) is 0 Å². The molecule has 0 aromatic carbocycles. The summed E-state index contributed by atoms with van der Waals surface area (Å²) in [7, 11) is 0. The van der Waals surface area contributed by atoms with E-state index in [1.54, 1.807) is 6.92 Å². The average Bonchev–Trinajstić information content (AvgIpc) is 3.32. The van der Waals surface area contributed by atoms with E-state index in [1.807, 2.05) is 13.8 Å². The van der Waals surface area contributed by atoms with Crippen LogP contribution in [0.4, 0.5) is 0 Å². The second kappa shape index (κ2) is 7.41. The van der Waals surface area contributed by atoms with Gasteiger partial charge < -0.3 is 28.8 Å². The number of halogens is 1. The molecule has 1 spiro atoms. The van der Waals surface area contributed by atoms with Crippen LogP contribution in [-0.4, -0.2) is 76.2 Å². The molecule has 0 amide bonds. The maximum atomic E-state index is 12.8. The lowest BCUT2D eigenvalue weighted by atomic mass is 9.52. The topological polar surface area (TPSA) is 121 Å². The van der Waals surface area contributed by atoms with Crippen LogP contribution in [0.25, 0.3) is 0 Å². The van der Waals surface area contributed by atoms with Gasteiger partial charge in [0, 0.05) is 32.6 Å². The third-order valence-corrected chi connectivity index (χ3v) is 9.51. The number of aliphatic hydroxyl groups is 1. The van der Waals surface area contributed by atoms with E-state index in [2.05, 4.69) is 6.58 Å². The van der Waals surface area contributed by atoms with Crippen LogP contribution in [0.2, 0.25) is 0 Å². The van der Waals surface area contributed by atoms with Gasteiger partial charge in [-0.1, -0.05) is 13.5 Å². The van der Waals surface area contributed by atoms with Gasteiger partial charge >= 0.3 is 17.9 Å². The number of ether oxygens (including phenoxy) is 5. The van der Waals surface area contributed by atoms with Gasteiger partial charge in [-0.05, 0) is 19.4 Å². The number of rotatable bonds is 2. The summed E-state index contributed by atoms with van der Waals surface area (Å²) >= 11 is 6.75. The van der Waals surface area contributed by atoms with Crippen molar-refractivity contribution in [2.45, 2.75) is 101 Å². The highest BCUT2D eigenvalue weighted by molar-refractivity contribution is 6.23. The van der Waals surface area contributed by atoms with Crippen molar-refractivity contribution in [1.29, 1.82) is 0 Å². The van der Waals surface area contributed by atoms with E-state index in [9.17, 15) is 19.5 Å². The molecule has 9 nitrogen and oxygen atoms in total. The summed E-state index contributed by atoms with van der Waals surface area (Å²) in [5, 5.41) is 11.4. The Bertz CT molecular complexity index is 968. The Hall–Kier alpha value is -1.68. The van der Waals surface area contributed by atoms with Gasteiger partial charge in [-0.15, -0.1) is 11.6 Å². The van der Waals surface area contributed by atoms with Crippen LogP contribution in [0.3, 0.4) is 0 Å². The molecule has 1 N–H and O–H groups in total. The molecule has 5 aliphatic rings.